The van der Waals surface area contributed by atoms with Crippen molar-refractivity contribution < 1.29 is 0 Å². The van der Waals surface area contributed by atoms with Crippen LogP contribution in [0.15, 0.2) is 23.0 Å². The van der Waals surface area contributed by atoms with E-state index in [1.165, 1.54) is 42.3 Å². The average Bonchev–Trinajstić information content (AvgIpc) is 2.90. The first-order chi connectivity index (χ1) is 12.0. The van der Waals surface area contributed by atoms with E-state index in [-0.39, 0.29) is 5.69 Å². The number of hydrogen-bond acceptors (Lipinski definition) is 3. The van der Waals surface area contributed by atoms with Gasteiger partial charge in [0.2, 0.25) is 0 Å². The molecule has 4 rings (SSSR count). The molecule has 2 aromatic heterocycles. The molecule has 132 valence electrons. The second kappa shape index (κ2) is 6.30. The standard InChI is InChI=1S/C20H26N4O/c1-13-9-14(2)17-11-15(12-21-16-7-5-4-6-8-16)19-22-23(3)20(25)24(19)18(17)10-13/h9-11,16,21H,4-8,12H2,1-3H3. The van der Waals surface area contributed by atoms with E-state index in [1.807, 2.05) is 0 Å². The Hall–Kier alpha value is -2.14. The van der Waals surface area contributed by atoms with Gasteiger partial charge < -0.3 is 5.32 Å². The molecule has 3 aromatic rings. The fourth-order valence-corrected chi connectivity index (χ4v) is 4.15. The molecule has 5 heteroatoms. The van der Waals surface area contributed by atoms with Crippen LogP contribution >= 0.6 is 0 Å². The molecule has 0 atom stereocenters. The van der Waals surface area contributed by atoms with Crippen molar-refractivity contribution in [2.24, 2.45) is 7.05 Å². The van der Waals surface area contributed by atoms with Gasteiger partial charge in [-0.25, -0.2) is 13.9 Å². The van der Waals surface area contributed by atoms with Gasteiger partial charge >= 0.3 is 5.69 Å². The van der Waals surface area contributed by atoms with E-state index in [2.05, 4.69) is 42.5 Å². The number of nitrogens with one attached hydrogen (secondary N) is 1. The molecule has 1 fully saturated rings. The summed E-state index contributed by atoms with van der Waals surface area (Å²) in [4.78, 5) is 12.7. The molecule has 2 heterocycles. The number of rotatable bonds is 3. The SMILES string of the molecule is Cc1cc(C)c2cc(CNC3CCCCC3)c3nn(C)c(=O)n3c2c1. The Labute approximate surface area is 147 Å². The van der Waals surface area contributed by atoms with E-state index in [0.29, 0.717) is 6.04 Å². The number of pyridine rings is 1. The van der Waals surface area contributed by atoms with E-state index in [4.69, 9.17) is 0 Å². The summed E-state index contributed by atoms with van der Waals surface area (Å²) in [7, 11) is 1.72. The van der Waals surface area contributed by atoms with E-state index >= 15 is 0 Å². The van der Waals surface area contributed by atoms with Crippen LogP contribution in [0.4, 0.5) is 0 Å². The molecule has 1 N–H and O–H groups in total. The summed E-state index contributed by atoms with van der Waals surface area (Å²) >= 11 is 0. The van der Waals surface area contributed by atoms with Gasteiger partial charge in [0.15, 0.2) is 5.65 Å². The van der Waals surface area contributed by atoms with Crippen molar-refractivity contribution in [2.45, 2.75) is 58.5 Å². The van der Waals surface area contributed by atoms with Gasteiger partial charge in [0.05, 0.1) is 5.52 Å². The molecule has 0 radical (unpaired) electrons. The highest BCUT2D eigenvalue weighted by Crippen LogP contribution is 2.24. The molecule has 1 aliphatic rings. The van der Waals surface area contributed by atoms with E-state index < -0.39 is 0 Å². The number of nitrogens with zero attached hydrogens (tertiary/aromatic N) is 3. The average molecular weight is 338 g/mol. The molecule has 0 unspecified atom stereocenters. The van der Waals surface area contributed by atoms with Crippen molar-refractivity contribution in [1.29, 1.82) is 0 Å². The van der Waals surface area contributed by atoms with Crippen molar-refractivity contribution in [3.8, 4) is 0 Å². The maximum Gasteiger partial charge on any atom is 0.350 e. The van der Waals surface area contributed by atoms with Crippen molar-refractivity contribution in [2.75, 3.05) is 0 Å². The van der Waals surface area contributed by atoms with Crippen molar-refractivity contribution in [3.63, 3.8) is 0 Å². The Morgan fingerprint density at radius 1 is 1.16 bits per heavy atom. The summed E-state index contributed by atoms with van der Waals surface area (Å²) in [5, 5.41) is 9.34. The van der Waals surface area contributed by atoms with Gasteiger partial charge in [0, 0.05) is 30.6 Å². The molecular weight excluding hydrogens is 312 g/mol. The molecule has 1 saturated carbocycles. The lowest BCUT2D eigenvalue weighted by atomic mass is 9.95. The quantitative estimate of drug-likeness (QED) is 0.798. The normalized spacial score (nSPS) is 16.1. The second-order valence-corrected chi connectivity index (χ2v) is 7.47. The number of aryl methyl sites for hydroxylation is 3. The van der Waals surface area contributed by atoms with Crippen LogP contribution in [0, 0.1) is 13.8 Å². The van der Waals surface area contributed by atoms with E-state index in [1.54, 1.807) is 11.4 Å². The van der Waals surface area contributed by atoms with Crippen LogP contribution < -0.4 is 11.0 Å². The van der Waals surface area contributed by atoms with Crippen molar-refractivity contribution in [3.05, 3.63) is 45.4 Å². The fraction of sp³-hybridized carbons (Fsp3) is 0.500. The lowest BCUT2D eigenvalue weighted by molar-refractivity contribution is 0.372. The van der Waals surface area contributed by atoms with Crippen LogP contribution in [-0.4, -0.2) is 20.2 Å². The topological polar surface area (TPSA) is 51.3 Å². The summed E-state index contributed by atoms with van der Waals surface area (Å²) in [5.74, 6) is 0. The Morgan fingerprint density at radius 3 is 2.68 bits per heavy atom. The number of benzene rings is 1. The third kappa shape index (κ3) is 2.86. The molecular formula is C20H26N4O. The minimum absolute atomic E-state index is 0.0792. The molecule has 1 aromatic carbocycles. The molecule has 5 nitrogen and oxygen atoms in total. The van der Waals surface area contributed by atoms with E-state index in [9.17, 15) is 4.79 Å². The third-order valence-corrected chi connectivity index (χ3v) is 5.47. The minimum atomic E-state index is -0.0792. The molecule has 0 aliphatic heterocycles. The summed E-state index contributed by atoms with van der Waals surface area (Å²) in [6.45, 7) is 4.94. The Kier molecular flexibility index (Phi) is 4.12. The van der Waals surface area contributed by atoms with Crippen LogP contribution in [0.25, 0.3) is 16.6 Å². The lowest BCUT2D eigenvalue weighted by Crippen LogP contribution is -2.30. The maximum atomic E-state index is 12.7. The zero-order valence-corrected chi connectivity index (χ0v) is 15.3. The lowest BCUT2D eigenvalue weighted by Gasteiger charge is -2.23. The minimum Gasteiger partial charge on any atom is -0.310 e. The molecule has 1 aliphatic carbocycles. The Bertz CT molecular complexity index is 992. The van der Waals surface area contributed by atoms with Gasteiger partial charge in [-0.15, -0.1) is 5.10 Å². The summed E-state index contributed by atoms with van der Waals surface area (Å²) < 4.78 is 3.21. The predicted octanol–water partition coefficient (Wildman–Crippen LogP) is 3.23. The molecule has 25 heavy (non-hydrogen) atoms. The second-order valence-electron chi connectivity index (χ2n) is 7.47. The van der Waals surface area contributed by atoms with Crippen LogP contribution in [0.1, 0.15) is 48.8 Å². The summed E-state index contributed by atoms with van der Waals surface area (Å²) in [6, 6.07) is 7.05. The smallest absolute Gasteiger partial charge is 0.310 e. The van der Waals surface area contributed by atoms with Crippen LogP contribution in [-0.2, 0) is 13.6 Å². The van der Waals surface area contributed by atoms with Gasteiger partial charge in [0.1, 0.15) is 0 Å². The third-order valence-electron chi connectivity index (χ3n) is 5.47. The van der Waals surface area contributed by atoms with Gasteiger partial charge in [-0.2, -0.15) is 0 Å². The monoisotopic (exact) mass is 338 g/mol. The fourth-order valence-electron chi connectivity index (χ4n) is 4.15. The molecule has 0 spiro atoms. The zero-order chi connectivity index (χ0) is 17.6. The molecule has 0 saturated heterocycles. The van der Waals surface area contributed by atoms with E-state index in [0.717, 1.165) is 34.2 Å². The highest BCUT2D eigenvalue weighted by Gasteiger charge is 2.17. The van der Waals surface area contributed by atoms with Crippen molar-refractivity contribution in [1.82, 2.24) is 19.5 Å². The van der Waals surface area contributed by atoms with Crippen molar-refractivity contribution >= 4 is 16.6 Å². The summed E-state index contributed by atoms with van der Waals surface area (Å²) in [6.07, 6.45) is 6.47. The molecule has 0 bridgehead atoms. The van der Waals surface area contributed by atoms with Gasteiger partial charge in [-0.05, 0) is 49.9 Å². The zero-order valence-electron chi connectivity index (χ0n) is 15.3. The van der Waals surface area contributed by atoms with Crippen LogP contribution in [0.3, 0.4) is 0 Å². The first kappa shape index (κ1) is 16.3. The number of hydrogen-bond donors (Lipinski definition) is 1. The summed E-state index contributed by atoms with van der Waals surface area (Å²) in [5.41, 5.74) is 5.11. The predicted molar refractivity (Wildman–Crippen MR) is 101 cm³/mol. The largest absolute Gasteiger partial charge is 0.350 e. The molecule has 0 amide bonds. The van der Waals surface area contributed by atoms with Gasteiger partial charge in [0.25, 0.3) is 0 Å². The van der Waals surface area contributed by atoms with Crippen LogP contribution in [0.5, 0.6) is 0 Å². The van der Waals surface area contributed by atoms with Gasteiger partial charge in [-0.3, -0.25) is 0 Å². The van der Waals surface area contributed by atoms with Gasteiger partial charge in [-0.1, -0.05) is 25.3 Å². The number of aromatic nitrogens is 3. The number of fused-ring (bicyclic) bond motifs is 3. The first-order valence-electron chi connectivity index (χ1n) is 9.26. The first-order valence-corrected chi connectivity index (χ1v) is 9.26. The highest BCUT2D eigenvalue weighted by atomic mass is 16.2. The highest BCUT2D eigenvalue weighted by molar-refractivity contribution is 5.87. The van der Waals surface area contributed by atoms with Crippen LogP contribution in [0.2, 0.25) is 0 Å². The Balaban J connectivity index is 1.85. The Morgan fingerprint density at radius 2 is 1.92 bits per heavy atom. The maximum absolute atomic E-state index is 12.7.